The summed E-state index contributed by atoms with van der Waals surface area (Å²) in [7, 11) is 0. The largest absolute Gasteiger partial charge is 0.394 e. The van der Waals surface area contributed by atoms with Crippen molar-refractivity contribution < 1.29 is 39.8 Å². The summed E-state index contributed by atoms with van der Waals surface area (Å²) in [6, 6.07) is -0.710. The Morgan fingerprint density at radius 1 is 0.556 bits per heavy atom. The highest BCUT2D eigenvalue weighted by molar-refractivity contribution is 5.76. The van der Waals surface area contributed by atoms with Crippen LogP contribution in [-0.4, -0.2) is 87.5 Å². The maximum absolute atomic E-state index is 12.9. The van der Waals surface area contributed by atoms with Crippen molar-refractivity contribution in [2.45, 2.75) is 269 Å². The third-order valence-corrected chi connectivity index (χ3v) is 11.5. The summed E-state index contributed by atoms with van der Waals surface area (Å²) in [5, 5.41) is 54.2. The Morgan fingerprint density at radius 2 is 0.926 bits per heavy atom. The number of unbranched alkanes of at least 4 members (excludes halogenated alkanes) is 29. The lowest BCUT2D eigenvalue weighted by molar-refractivity contribution is -0.302. The van der Waals surface area contributed by atoms with Crippen LogP contribution in [0.3, 0.4) is 0 Å². The predicted molar refractivity (Wildman–Crippen MR) is 221 cm³/mol. The van der Waals surface area contributed by atoms with Crippen LogP contribution in [0.4, 0.5) is 0 Å². The average molecular weight is 772 g/mol. The maximum Gasteiger partial charge on any atom is 0.220 e. The number of aliphatic hydroxyl groups excluding tert-OH is 5. The zero-order chi connectivity index (χ0) is 39.5. The monoisotopic (exact) mass is 772 g/mol. The second-order valence-electron chi connectivity index (χ2n) is 16.6. The molecule has 1 aliphatic heterocycles. The molecular weight excluding hydrogens is 682 g/mol. The zero-order valence-corrected chi connectivity index (χ0v) is 35.3. The standard InChI is InChI=1S/C45H89NO8/c1-3-5-7-9-11-13-14-15-16-17-18-19-20-21-22-23-24-25-27-29-31-33-35-41(49)46-38(39(48)34-32-30-28-26-12-10-8-6-4-2)37-53-45-44(52)43(51)42(50)40(36-47)54-45/h38-40,42-45,47-48,50-52H,3-37H2,1-2H3,(H,46,49)/t38-,39+,40-,42-,43?,44?,45-/m0/s1. The molecule has 2 unspecified atom stereocenters. The van der Waals surface area contributed by atoms with Gasteiger partial charge in [0.25, 0.3) is 0 Å². The van der Waals surface area contributed by atoms with Crippen LogP contribution in [-0.2, 0) is 14.3 Å². The third kappa shape index (κ3) is 26.9. The van der Waals surface area contributed by atoms with Gasteiger partial charge in [-0.1, -0.05) is 206 Å². The quantitative estimate of drug-likeness (QED) is 0.0339. The SMILES string of the molecule is CCCCCCCCCCCCCCCCCCCCCCCCC(=O)N[C@@H](CO[C@H]1O[C@@H](CO)[C@H](O)C(O)C1O)[C@H](O)CCCCCCCCCCC. The van der Waals surface area contributed by atoms with Gasteiger partial charge in [-0.3, -0.25) is 4.79 Å². The minimum absolute atomic E-state index is 0.133. The van der Waals surface area contributed by atoms with E-state index in [4.69, 9.17) is 9.47 Å². The molecule has 1 saturated heterocycles. The molecule has 1 aliphatic rings. The van der Waals surface area contributed by atoms with Crippen LogP contribution >= 0.6 is 0 Å². The lowest BCUT2D eigenvalue weighted by Crippen LogP contribution is -2.60. The van der Waals surface area contributed by atoms with Gasteiger partial charge in [0, 0.05) is 6.42 Å². The van der Waals surface area contributed by atoms with Crippen molar-refractivity contribution in [3.8, 4) is 0 Å². The molecule has 6 N–H and O–H groups in total. The zero-order valence-electron chi connectivity index (χ0n) is 35.3. The normalized spacial score (nSPS) is 21.4. The minimum atomic E-state index is -1.55. The third-order valence-electron chi connectivity index (χ3n) is 11.5. The molecule has 0 spiro atoms. The van der Waals surface area contributed by atoms with Crippen molar-refractivity contribution >= 4 is 5.91 Å². The van der Waals surface area contributed by atoms with Crippen molar-refractivity contribution in [2.75, 3.05) is 13.2 Å². The molecule has 1 rings (SSSR count). The molecule has 1 fully saturated rings. The topological polar surface area (TPSA) is 149 Å². The molecule has 54 heavy (non-hydrogen) atoms. The Kier molecular flexibility index (Phi) is 34.6. The van der Waals surface area contributed by atoms with Gasteiger partial charge in [-0.05, 0) is 12.8 Å². The molecule has 0 aromatic carbocycles. The molecule has 322 valence electrons. The van der Waals surface area contributed by atoms with Crippen LogP contribution in [0.25, 0.3) is 0 Å². The van der Waals surface area contributed by atoms with Gasteiger partial charge in [-0.15, -0.1) is 0 Å². The maximum atomic E-state index is 12.9. The number of aliphatic hydroxyl groups is 5. The van der Waals surface area contributed by atoms with Crippen LogP contribution < -0.4 is 5.32 Å². The van der Waals surface area contributed by atoms with E-state index in [1.54, 1.807) is 0 Å². The molecule has 1 amide bonds. The number of hydrogen-bond acceptors (Lipinski definition) is 8. The lowest BCUT2D eigenvalue weighted by atomic mass is 9.99. The fourth-order valence-electron chi connectivity index (χ4n) is 7.69. The average Bonchev–Trinajstić information content (AvgIpc) is 3.17. The molecule has 0 radical (unpaired) electrons. The molecule has 9 nitrogen and oxygen atoms in total. The Balaban J connectivity index is 2.21. The first-order valence-electron chi connectivity index (χ1n) is 23.2. The van der Waals surface area contributed by atoms with Gasteiger partial charge in [-0.2, -0.15) is 0 Å². The van der Waals surface area contributed by atoms with E-state index in [0.717, 1.165) is 38.5 Å². The molecule has 0 aromatic heterocycles. The van der Waals surface area contributed by atoms with E-state index in [1.807, 2.05) is 0 Å². The van der Waals surface area contributed by atoms with Gasteiger partial charge in [0.2, 0.25) is 5.91 Å². The van der Waals surface area contributed by atoms with E-state index >= 15 is 0 Å². The molecule has 0 aliphatic carbocycles. The smallest absolute Gasteiger partial charge is 0.220 e. The number of nitrogens with one attached hydrogen (secondary N) is 1. The van der Waals surface area contributed by atoms with Gasteiger partial charge in [0.15, 0.2) is 6.29 Å². The van der Waals surface area contributed by atoms with Crippen LogP contribution in [0.15, 0.2) is 0 Å². The number of ether oxygens (including phenoxy) is 2. The van der Waals surface area contributed by atoms with Crippen molar-refractivity contribution in [2.24, 2.45) is 0 Å². The van der Waals surface area contributed by atoms with Crippen molar-refractivity contribution in [3.05, 3.63) is 0 Å². The Hall–Kier alpha value is -0.810. The van der Waals surface area contributed by atoms with Gasteiger partial charge < -0.3 is 40.3 Å². The summed E-state index contributed by atoms with van der Waals surface area (Å²) < 4.78 is 11.2. The van der Waals surface area contributed by atoms with E-state index in [1.165, 1.54) is 161 Å². The second kappa shape index (κ2) is 36.5. The highest BCUT2D eigenvalue weighted by Crippen LogP contribution is 2.23. The molecule has 7 atom stereocenters. The summed E-state index contributed by atoms with van der Waals surface area (Å²) in [5.74, 6) is -0.142. The molecule has 9 heteroatoms. The highest BCUT2D eigenvalue weighted by Gasteiger charge is 2.44. The summed E-state index contributed by atoms with van der Waals surface area (Å²) in [6.45, 7) is 3.82. The number of carbonyl (C=O) groups is 1. The predicted octanol–water partition coefficient (Wildman–Crippen LogP) is 9.56. The van der Waals surface area contributed by atoms with E-state index in [9.17, 15) is 30.3 Å². The Morgan fingerprint density at radius 3 is 1.31 bits per heavy atom. The van der Waals surface area contributed by atoms with E-state index in [2.05, 4.69) is 19.2 Å². The van der Waals surface area contributed by atoms with Crippen LogP contribution in [0.2, 0.25) is 0 Å². The second-order valence-corrected chi connectivity index (χ2v) is 16.6. The summed E-state index contributed by atoms with van der Waals surface area (Å²) in [5.41, 5.74) is 0. The first-order valence-corrected chi connectivity index (χ1v) is 23.2. The van der Waals surface area contributed by atoms with Gasteiger partial charge in [0.1, 0.15) is 24.4 Å². The Labute approximate surface area is 332 Å². The first-order chi connectivity index (χ1) is 26.3. The fraction of sp³-hybridized carbons (Fsp3) is 0.978. The van der Waals surface area contributed by atoms with Crippen LogP contribution in [0, 0.1) is 0 Å². The molecule has 0 saturated carbocycles. The first kappa shape index (κ1) is 51.2. The van der Waals surface area contributed by atoms with E-state index in [-0.39, 0.29) is 12.5 Å². The fourth-order valence-corrected chi connectivity index (χ4v) is 7.69. The van der Waals surface area contributed by atoms with Crippen molar-refractivity contribution in [3.63, 3.8) is 0 Å². The highest BCUT2D eigenvalue weighted by atomic mass is 16.7. The number of carbonyl (C=O) groups excluding carboxylic acids is 1. The van der Waals surface area contributed by atoms with Gasteiger partial charge in [0.05, 0.1) is 25.4 Å². The minimum Gasteiger partial charge on any atom is -0.394 e. The number of hydrogen-bond donors (Lipinski definition) is 6. The van der Waals surface area contributed by atoms with E-state index < -0.39 is 49.5 Å². The molecular formula is C45H89NO8. The molecule has 0 aromatic rings. The van der Waals surface area contributed by atoms with Gasteiger partial charge in [-0.25, -0.2) is 0 Å². The summed E-state index contributed by atoms with van der Waals surface area (Å²) in [4.78, 5) is 12.9. The molecule has 0 bridgehead atoms. The molecule has 1 heterocycles. The van der Waals surface area contributed by atoms with Gasteiger partial charge >= 0.3 is 0 Å². The van der Waals surface area contributed by atoms with E-state index in [0.29, 0.717) is 12.8 Å². The van der Waals surface area contributed by atoms with Crippen LogP contribution in [0.1, 0.15) is 226 Å². The Bertz CT molecular complexity index is 817. The van der Waals surface area contributed by atoms with Crippen molar-refractivity contribution in [1.82, 2.24) is 5.32 Å². The van der Waals surface area contributed by atoms with Crippen molar-refractivity contribution in [1.29, 1.82) is 0 Å². The lowest BCUT2D eigenvalue weighted by Gasteiger charge is -2.40. The number of amides is 1. The van der Waals surface area contributed by atoms with Crippen LogP contribution in [0.5, 0.6) is 0 Å². The summed E-state index contributed by atoms with van der Waals surface area (Å²) in [6.07, 6.45) is 32.7. The number of rotatable bonds is 39. The summed E-state index contributed by atoms with van der Waals surface area (Å²) >= 11 is 0.